The summed E-state index contributed by atoms with van der Waals surface area (Å²) in [6.45, 7) is 7.94. The van der Waals surface area contributed by atoms with E-state index in [0.29, 0.717) is 5.75 Å². The number of carbonyl (C=O) groups is 1. The van der Waals surface area contributed by atoms with Crippen molar-refractivity contribution in [2.75, 3.05) is 14.2 Å². The number of aryl methyl sites for hydroxylation is 2. The zero-order valence-corrected chi connectivity index (χ0v) is 17.7. The molecule has 0 spiro atoms. The molecule has 2 rings (SSSR count). The summed E-state index contributed by atoms with van der Waals surface area (Å²) in [5, 5.41) is 0. The molecule has 0 radical (unpaired) electrons. The second kappa shape index (κ2) is 10.0. The number of methoxy groups -OCH3 is 2. The summed E-state index contributed by atoms with van der Waals surface area (Å²) in [5.74, 6) is 2.14. The second-order valence-corrected chi connectivity index (χ2v) is 7.33. The summed E-state index contributed by atoms with van der Waals surface area (Å²) in [4.78, 5) is 14.1. The highest BCUT2D eigenvalue weighted by molar-refractivity contribution is 5.71. The van der Waals surface area contributed by atoms with Crippen LogP contribution in [0.3, 0.4) is 0 Å². The smallest absolute Gasteiger partial charge is 0.415 e. The maximum absolute atomic E-state index is 12.4. The van der Waals surface area contributed by atoms with E-state index < -0.39 is 0 Å². The Morgan fingerprint density at radius 1 is 0.786 bits per heavy atom. The molecule has 0 heterocycles. The monoisotopic (exact) mass is 385 g/mol. The van der Waals surface area contributed by atoms with Crippen LogP contribution in [0.1, 0.15) is 38.8 Å². The van der Waals surface area contributed by atoms with Crippen molar-refractivity contribution in [1.29, 1.82) is 0 Å². The van der Waals surface area contributed by atoms with Crippen molar-refractivity contribution in [1.82, 2.24) is 4.90 Å². The number of ether oxygens (including phenoxy) is 3. The molecule has 152 valence electrons. The molecule has 0 saturated heterocycles. The Bertz CT molecular complexity index is 738. The Kier molecular flexibility index (Phi) is 7.73. The van der Waals surface area contributed by atoms with Crippen molar-refractivity contribution in [2.24, 2.45) is 0 Å². The molecule has 1 amide bonds. The molecule has 0 unspecified atom stereocenters. The molecule has 5 heteroatoms. The lowest BCUT2D eigenvalue weighted by Gasteiger charge is -2.29. The maximum atomic E-state index is 12.4. The largest absolute Gasteiger partial charge is 0.497 e. The molecular formula is C23H31NO4. The van der Waals surface area contributed by atoms with Crippen molar-refractivity contribution >= 4 is 6.09 Å². The van der Waals surface area contributed by atoms with E-state index >= 15 is 0 Å². The van der Waals surface area contributed by atoms with Gasteiger partial charge in [0.05, 0.1) is 14.2 Å². The number of nitrogens with zero attached hydrogens (tertiary/aromatic N) is 1. The van der Waals surface area contributed by atoms with Crippen molar-refractivity contribution in [3.8, 4) is 17.2 Å². The highest BCUT2D eigenvalue weighted by Crippen LogP contribution is 2.24. The van der Waals surface area contributed by atoms with Crippen molar-refractivity contribution in [3.63, 3.8) is 0 Å². The zero-order chi connectivity index (χ0) is 20.7. The van der Waals surface area contributed by atoms with Crippen molar-refractivity contribution in [2.45, 2.75) is 52.6 Å². The molecule has 0 fully saturated rings. The first-order valence-electron chi connectivity index (χ1n) is 9.65. The fourth-order valence-electron chi connectivity index (χ4n) is 3.19. The van der Waals surface area contributed by atoms with Gasteiger partial charge >= 0.3 is 6.09 Å². The number of rotatable bonds is 8. The van der Waals surface area contributed by atoms with Crippen LogP contribution in [-0.2, 0) is 12.8 Å². The van der Waals surface area contributed by atoms with Crippen LogP contribution >= 0.6 is 0 Å². The quantitative estimate of drug-likeness (QED) is 0.634. The van der Waals surface area contributed by atoms with E-state index in [1.165, 1.54) is 5.56 Å². The molecular weight excluding hydrogens is 354 g/mol. The summed E-state index contributed by atoms with van der Waals surface area (Å²) in [5.41, 5.74) is 2.32. The summed E-state index contributed by atoms with van der Waals surface area (Å²) in [7, 11) is 3.30. The lowest BCUT2D eigenvalue weighted by atomic mass is 10.0. The molecule has 0 bridgehead atoms. The van der Waals surface area contributed by atoms with E-state index in [9.17, 15) is 4.79 Å². The SMILES string of the molecule is COc1cc(CCc2ccc(OC(=O)N(C(C)C)C(C)C)cc2)cc(OC)c1. The zero-order valence-electron chi connectivity index (χ0n) is 17.7. The van der Waals surface area contributed by atoms with Crippen LogP contribution < -0.4 is 14.2 Å². The molecule has 5 nitrogen and oxygen atoms in total. The van der Waals surface area contributed by atoms with Gasteiger partial charge in [-0.25, -0.2) is 4.79 Å². The van der Waals surface area contributed by atoms with Gasteiger partial charge < -0.3 is 19.1 Å². The van der Waals surface area contributed by atoms with E-state index in [1.807, 2.05) is 70.2 Å². The van der Waals surface area contributed by atoms with Crippen LogP contribution in [-0.4, -0.2) is 37.3 Å². The molecule has 0 atom stereocenters. The van der Waals surface area contributed by atoms with Gasteiger partial charge in [-0.1, -0.05) is 12.1 Å². The summed E-state index contributed by atoms with van der Waals surface area (Å²) in [6.07, 6.45) is 1.41. The van der Waals surface area contributed by atoms with E-state index in [2.05, 4.69) is 0 Å². The predicted octanol–water partition coefficient (Wildman–Crippen LogP) is 5.11. The Morgan fingerprint density at radius 2 is 1.29 bits per heavy atom. The number of amides is 1. The first-order chi connectivity index (χ1) is 13.3. The van der Waals surface area contributed by atoms with Gasteiger partial charge in [-0.2, -0.15) is 0 Å². The number of carbonyl (C=O) groups excluding carboxylic acids is 1. The van der Waals surface area contributed by atoms with Crippen LogP contribution in [0.2, 0.25) is 0 Å². The average molecular weight is 386 g/mol. The lowest BCUT2D eigenvalue weighted by Crippen LogP contribution is -2.43. The Labute approximate surface area is 168 Å². The van der Waals surface area contributed by atoms with E-state index in [-0.39, 0.29) is 18.2 Å². The fourth-order valence-corrected chi connectivity index (χ4v) is 3.19. The minimum Gasteiger partial charge on any atom is -0.497 e. The average Bonchev–Trinajstić information content (AvgIpc) is 2.66. The highest BCUT2D eigenvalue weighted by Gasteiger charge is 2.22. The molecule has 0 aliphatic rings. The predicted molar refractivity (Wildman–Crippen MR) is 112 cm³/mol. The first-order valence-corrected chi connectivity index (χ1v) is 9.65. The minimum atomic E-state index is -0.318. The van der Waals surface area contributed by atoms with Gasteiger partial charge in [-0.3, -0.25) is 0 Å². The third-order valence-corrected chi connectivity index (χ3v) is 4.57. The van der Waals surface area contributed by atoms with Gasteiger partial charge in [0.2, 0.25) is 0 Å². The highest BCUT2D eigenvalue weighted by atomic mass is 16.6. The topological polar surface area (TPSA) is 48.0 Å². The van der Waals surface area contributed by atoms with Gasteiger partial charge in [0.1, 0.15) is 17.2 Å². The number of benzene rings is 2. The normalized spacial score (nSPS) is 10.9. The summed E-state index contributed by atoms with van der Waals surface area (Å²) >= 11 is 0. The van der Waals surface area contributed by atoms with E-state index in [4.69, 9.17) is 14.2 Å². The third kappa shape index (κ3) is 5.91. The molecule has 0 N–H and O–H groups in total. The van der Waals surface area contributed by atoms with Crippen LogP contribution in [0, 0.1) is 0 Å². The summed E-state index contributed by atoms with van der Waals surface area (Å²) < 4.78 is 16.2. The van der Waals surface area contributed by atoms with Crippen LogP contribution in [0.15, 0.2) is 42.5 Å². The summed E-state index contributed by atoms with van der Waals surface area (Å²) in [6, 6.07) is 13.8. The molecule has 28 heavy (non-hydrogen) atoms. The van der Waals surface area contributed by atoms with Gasteiger partial charge in [-0.15, -0.1) is 0 Å². The lowest BCUT2D eigenvalue weighted by molar-refractivity contribution is 0.122. The van der Waals surface area contributed by atoms with Crippen LogP contribution in [0.4, 0.5) is 4.79 Å². The van der Waals surface area contributed by atoms with E-state index in [1.54, 1.807) is 19.1 Å². The molecule has 2 aromatic rings. The van der Waals surface area contributed by atoms with Crippen molar-refractivity contribution in [3.05, 3.63) is 53.6 Å². The van der Waals surface area contributed by atoms with Gasteiger partial charge in [0.15, 0.2) is 0 Å². The molecule has 0 aromatic heterocycles. The van der Waals surface area contributed by atoms with Crippen LogP contribution in [0.25, 0.3) is 0 Å². The molecule has 0 aliphatic carbocycles. The van der Waals surface area contributed by atoms with Gasteiger partial charge in [0, 0.05) is 18.2 Å². The van der Waals surface area contributed by atoms with Crippen LogP contribution in [0.5, 0.6) is 17.2 Å². The second-order valence-electron chi connectivity index (χ2n) is 7.33. The number of hydrogen-bond acceptors (Lipinski definition) is 4. The third-order valence-electron chi connectivity index (χ3n) is 4.57. The van der Waals surface area contributed by atoms with Gasteiger partial charge in [0.25, 0.3) is 0 Å². The fraction of sp³-hybridized carbons (Fsp3) is 0.435. The maximum Gasteiger partial charge on any atom is 0.415 e. The standard InChI is InChI=1S/C23H31NO4/c1-16(2)24(17(3)4)23(25)28-20-11-9-18(10-12-20)7-8-19-13-21(26-5)15-22(14-19)27-6/h9-17H,7-8H2,1-6H3. The van der Waals surface area contributed by atoms with E-state index in [0.717, 1.165) is 29.9 Å². The Balaban J connectivity index is 1.99. The molecule has 2 aromatic carbocycles. The minimum absolute atomic E-state index is 0.0895. The van der Waals surface area contributed by atoms with Gasteiger partial charge in [-0.05, 0) is 75.9 Å². The Morgan fingerprint density at radius 3 is 1.75 bits per heavy atom. The first kappa shape index (κ1) is 21.6. The molecule has 0 saturated carbocycles. The Hall–Kier alpha value is -2.69. The molecule has 0 aliphatic heterocycles. The number of hydrogen-bond donors (Lipinski definition) is 0. The van der Waals surface area contributed by atoms with Crippen molar-refractivity contribution < 1.29 is 19.0 Å².